The average Bonchev–Trinajstić information content (AvgIpc) is 3.24. The Morgan fingerprint density at radius 2 is 1.78 bits per heavy atom. The molecule has 1 aliphatic heterocycles. The number of benzene rings is 1. The molecule has 14 heteroatoms. The Labute approximate surface area is 214 Å². The monoisotopic (exact) mass is 557 g/mol. The fourth-order valence-corrected chi connectivity index (χ4v) is 6.12. The third-order valence-electron chi connectivity index (χ3n) is 5.81. The minimum atomic E-state index is -4.69. The summed E-state index contributed by atoms with van der Waals surface area (Å²) in [5.41, 5.74) is 0.854. The zero-order valence-corrected chi connectivity index (χ0v) is 20.8. The Morgan fingerprint density at radius 1 is 1.14 bits per heavy atom. The van der Waals surface area contributed by atoms with Crippen molar-refractivity contribution in [3.63, 3.8) is 0 Å². The van der Waals surface area contributed by atoms with Gasteiger partial charge in [0.05, 0.1) is 10.6 Å². The lowest BCUT2D eigenvalue weighted by atomic mass is 10.1. The predicted octanol–water partition coefficient (Wildman–Crippen LogP) is 4.21. The van der Waals surface area contributed by atoms with Crippen LogP contribution in [0.15, 0.2) is 53.7 Å². The molecule has 1 aliphatic rings. The number of sulfonamides is 1. The van der Waals surface area contributed by atoms with E-state index < -0.39 is 45.8 Å². The molecule has 4 rings (SSSR count). The van der Waals surface area contributed by atoms with E-state index in [0.717, 1.165) is 41.0 Å². The van der Waals surface area contributed by atoms with Crippen molar-refractivity contribution in [1.82, 2.24) is 24.6 Å². The van der Waals surface area contributed by atoms with E-state index in [4.69, 9.17) is 11.6 Å². The molecule has 3 aromatic rings. The molecule has 3 heterocycles. The summed E-state index contributed by atoms with van der Waals surface area (Å²) < 4.78 is 79.0. The maximum atomic E-state index is 13.3. The summed E-state index contributed by atoms with van der Waals surface area (Å²) in [4.78, 5) is 23.6. The molecule has 0 aliphatic carbocycles. The van der Waals surface area contributed by atoms with E-state index in [0.29, 0.717) is 18.4 Å². The Balaban J connectivity index is 1.50. The highest BCUT2D eigenvalue weighted by molar-refractivity contribution is 7.89. The van der Waals surface area contributed by atoms with Crippen LogP contribution in [0.5, 0.6) is 0 Å². The number of rotatable bonds is 6. The lowest BCUT2D eigenvalue weighted by molar-refractivity contribution is -0.145. The highest BCUT2D eigenvalue weighted by Gasteiger charge is 2.43. The van der Waals surface area contributed by atoms with Crippen LogP contribution in [0.25, 0.3) is 11.3 Å². The number of pyridine rings is 1. The van der Waals surface area contributed by atoms with Crippen molar-refractivity contribution in [1.29, 1.82) is 0 Å². The minimum Gasteiger partial charge on any atom is -0.351 e. The number of nitrogens with one attached hydrogen (secondary N) is 1. The van der Waals surface area contributed by atoms with E-state index in [1.807, 2.05) is 0 Å². The van der Waals surface area contributed by atoms with Gasteiger partial charge in [-0.2, -0.15) is 17.5 Å². The van der Waals surface area contributed by atoms with Crippen molar-refractivity contribution >= 4 is 27.5 Å². The number of alkyl halides is 3. The van der Waals surface area contributed by atoms with Crippen LogP contribution in [-0.2, 0) is 27.5 Å². The third-order valence-corrected chi connectivity index (χ3v) is 8.04. The number of amides is 1. The maximum Gasteiger partial charge on any atom is 0.451 e. The van der Waals surface area contributed by atoms with Crippen LogP contribution >= 0.6 is 11.6 Å². The molecule has 1 N–H and O–H groups in total. The van der Waals surface area contributed by atoms with Gasteiger partial charge in [-0.1, -0.05) is 11.6 Å². The molecule has 1 aromatic carbocycles. The van der Waals surface area contributed by atoms with E-state index in [-0.39, 0.29) is 27.9 Å². The van der Waals surface area contributed by atoms with Crippen LogP contribution < -0.4 is 5.32 Å². The summed E-state index contributed by atoms with van der Waals surface area (Å²) in [5, 5.41) is 2.71. The minimum absolute atomic E-state index is 0.0247. The highest BCUT2D eigenvalue weighted by atomic mass is 35.5. The Morgan fingerprint density at radius 3 is 2.41 bits per heavy atom. The van der Waals surface area contributed by atoms with Gasteiger partial charge in [-0.05, 0) is 61.7 Å². The van der Waals surface area contributed by atoms with Gasteiger partial charge in [-0.3, -0.25) is 4.79 Å². The van der Waals surface area contributed by atoms with Crippen LogP contribution in [0, 0.1) is 5.82 Å². The number of hydrogen-bond donors (Lipinski definition) is 1. The molecule has 37 heavy (non-hydrogen) atoms. The highest BCUT2D eigenvalue weighted by Crippen LogP contribution is 2.31. The lowest BCUT2D eigenvalue weighted by Crippen LogP contribution is -2.48. The fraction of sp³-hybridized carbons (Fsp3) is 0.304. The van der Waals surface area contributed by atoms with Gasteiger partial charge in [0.15, 0.2) is 0 Å². The first-order valence-corrected chi connectivity index (χ1v) is 12.8. The van der Waals surface area contributed by atoms with E-state index in [9.17, 15) is 30.8 Å². The van der Waals surface area contributed by atoms with Crippen molar-refractivity contribution in [3.8, 4) is 11.3 Å². The normalized spacial score (nSPS) is 18.6. The van der Waals surface area contributed by atoms with E-state index in [1.165, 1.54) is 12.1 Å². The molecule has 2 unspecified atom stereocenters. The fourth-order valence-electron chi connectivity index (χ4n) is 4.05. The summed E-state index contributed by atoms with van der Waals surface area (Å²) in [6.07, 6.45) is -2.01. The third kappa shape index (κ3) is 5.89. The van der Waals surface area contributed by atoms with Gasteiger partial charge in [0.1, 0.15) is 17.0 Å². The smallest absolute Gasteiger partial charge is 0.351 e. The topological polar surface area (TPSA) is 105 Å². The second kappa shape index (κ2) is 10.3. The van der Waals surface area contributed by atoms with Gasteiger partial charge in [-0.25, -0.2) is 27.8 Å². The van der Waals surface area contributed by atoms with Gasteiger partial charge in [0, 0.05) is 30.5 Å². The second-order valence-corrected chi connectivity index (χ2v) is 10.7. The quantitative estimate of drug-likeness (QED) is 0.360. The summed E-state index contributed by atoms with van der Waals surface area (Å²) in [6.45, 7) is 1.64. The summed E-state index contributed by atoms with van der Waals surface area (Å²) in [7, 11) is -4.06. The number of carbonyl (C=O) groups excluding carboxylic acids is 1. The molecular weight excluding hydrogens is 538 g/mol. The number of nitrogens with zero attached hydrogens (tertiary/aromatic N) is 4. The Kier molecular flexibility index (Phi) is 7.49. The SMILES string of the molecule is CC1CCC(C(=O)NCc2cc(Cl)nc(-c3cnc(C(F)(F)F)nc3)c2)N1S(=O)(=O)c1ccc(F)cc1. The first-order valence-electron chi connectivity index (χ1n) is 11.0. The van der Waals surface area contributed by atoms with E-state index >= 15 is 0 Å². The van der Waals surface area contributed by atoms with Crippen molar-refractivity contribution in [2.24, 2.45) is 0 Å². The summed E-state index contributed by atoms with van der Waals surface area (Å²) in [5.74, 6) is -2.42. The molecule has 196 valence electrons. The van der Waals surface area contributed by atoms with Crippen LogP contribution in [0.1, 0.15) is 31.2 Å². The molecular formula is C23H20ClF4N5O3S. The zero-order valence-electron chi connectivity index (χ0n) is 19.2. The van der Waals surface area contributed by atoms with Gasteiger partial charge in [0.2, 0.25) is 21.8 Å². The Hall–Kier alpha value is -3.16. The van der Waals surface area contributed by atoms with Crippen molar-refractivity contribution < 1.29 is 30.8 Å². The van der Waals surface area contributed by atoms with Crippen molar-refractivity contribution in [3.05, 3.63) is 71.2 Å². The molecule has 1 fully saturated rings. The predicted molar refractivity (Wildman–Crippen MR) is 125 cm³/mol. The first-order chi connectivity index (χ1) is 17.4. The van der Waals surface area contributed by atoms with Crippen molar-refractivity contribution in [2.75, 3.05) is 0 Å². The van der Waals surface area contributed by atoms with Crippen LogP contribution in [-0.4, -0.2) is 45.7 Å². The largest absolute Gasteiger partial charge is 0.451 e. The van der Waals surface area contributed by atoms with Gasteiger partial charge in [0.25, 0.3) is 0 Å². The lowest BCUT2D eigenvalue weighted by Gasteiger charge is -2.27. The van der Waals surface area contributed by atoms with Crippen LogP contribution in [0.3, 0.4) is 0 Å². The van der Waals surface area contributed by atoms with Crippen LogP contribution in [0.4, 0.5) is 17.6 Å². The van der Waals surface area contributed by atoms with Gasteiger partial charge in [-0.15, -0.1) is 0 Å². The molecule has 0 bridgehead atoms. The molecule has 2 aromatic heterocycles. The standard InChI is InChI=1S/C23H20ClF4N5O3S/c1-13-2-7-19(33(13)37(35,36)17-5-3-16(25)4-6-17)21(34)29-10-14-8-18(32-20(24)9-14)15-11-30-22(31-12-15)23(26,27)28/h3-6,8-9,11-13,19H,2,7,10H2,1H3,(H,29,34). The maximum absolute atomic E-state index is 13.3. The number of halogens is 5. The van der Waals surface area contributed by atoms with Gasteiger partial charge >= 0.3 is 6.18 Å². The summed E-state index contributed by atoms with van der Waals surface area (Å²) >= 11 is 6.07. The molecule has 1 amide bonds. The van der Waals surface area contributed by atoms with E-state index in [2.05, 4.69) is 20.3 Å². The second-order valence-electron chi connectivity index (χ2n) is 8.43. The molecule has 0 spiro atoms. The van der Waals surface area contributed by atoms with Crippen molar-refractivity contribution in [2.45, 2.75) is 49.5 Å². The number of hydrogen-bond acceptors (Lipinski definition) is 6. The van der Waals surface area contributed by atoms with Crippen LogP contribution in [0.2, 0.25) is 5.15 Å². The number of aromatic nitrogens is 3. The number of carbonyl (C=O) groups is 1. The summed E-state index contributed by atoms with van der Waals surface area (Å²) in [6, 6.07) is 5.90. The molecule has 2 atom stereocenters. The molecule has 0 saturated carbocycles. The molecule has 0 radical (unpaired) electrons. The zero-order chi connectivity index (χ0) is 27.0. The first kappa shape index (κ1) is 26.9. The molecule has 1 saturated heterocycles. The average molecular weight is 558 g/mol. The molecule has 8 nitrogen and oxygen atoms in total. The van der Waals surface area contributed by atoms with Gasteiger partial charge < -0.3 is 5.32 Å². The van der Waals surface area contributed by atoms with E-state index in [1.54, 1.807) is 6.92 Å². The Bertz CT molecular complexity index is 1400.